The molecule has 0 amide bonds. The lowest BCUT2D eigenvalue weighted by molar-refractivity contribution is 0.187. The maximum absolute atomic E-state index is 2.58. The second-order valence-corrected chi connectivity index (χ2v) is 9.81. The zero-order valence-corrected chi connectivity index (χ0v) is 11.2. The normalized spacial score (nSPS) is 14.6. The Labute approximate surface area is 86.2 Å². The van der Waals surface area contributed by atoms with Crippen LogP contribution in [0, 0.1) is 0 Å². The molecule has 0 aromatic carbocycles. The first-order chi connectivity index (χ1) is 5.74. The standard InChI is InChI=1S/C11H27NS/c1-10(2)12(11(3)4)8-9-13(5,6)7/h10-11H,8-9H2,1-7H3. The van der Waals surface area contributed by atoms with Crippen LogP contribution < -0.4 is 0 Å². The largest absolute Gasteiger partial charge is 0.298 e. The van der Waals surface area contributed by atoms with Crippen molar-refractivity contribution in [3.05, 3.63) is 0 Å². The van der Waals surface area contributed by atoms with Gasteiger partial charge in [-0.25, -0.2) is 10.0 Å². The topological polar surface area (TPSA) is 3.24 Å². The SMILES string of the molecule is CC(C)N(CCS(C)(C)C)C(C)C. The molecular formula is C11H27NS. The molecule has 0 aromatic rings. The van der Waals surface area contributed by atoms with Gasteiger partial charge in [0.1, 0.15) is 0 Å². The van der Waals surface area contributed by atoms with Gasteiger partial charge in [0.2, 0.25) is 0 Å². The average Bonchev–Trinajstić information content (AvgIpc) is 1.82. The Morgan fingerprint density at radius 1 is 0.923 bits per heavy atom. The van der Waals surface area contributed by atoms with Crippen LogP contribution in [0.1, 0.15) is 27.7 Å². The lowest BCUT2D eigenvalue weighted by atomic mass is 10.2. The smallest absolute Gasteiger partial charge is 0.00628 e. The van der Waals surface area contributed by atoms with E-state index in [2.05, 4.69) is 51.4 Å². The van der Waals surface area contributed by atoms with Crippen molar-refractivity contribution >= 4 is 10.0 Å². The van der Waals surface area contributed by atoms with Crippen molar-refractivity contribution in [3.8, 4) is 0 Å². The summed E-state index contributed by atoms with van der Waals surface area (Å²) < 4.78 is 0. The second-order valence-electron chi connectivity index (χ2n) is 5.22. The molecule has 0 aromatic heterocycles. The van der Waals surface area contributed by atoms with Crippen molar-refractivity contribution < 1.29 is 0 Å². The summed E-state index contributed by atoms with van der Waals surface area (Å²) in [5.74, 6) is 1.36. The third-order valence-electron chi connectivity index (χ3n) is 2.29. The number of nitrogens with zero attached hydrogens (tertiary/aromatic N) is 1. The Kier molecular flexibility index (Phi) is 5.38. The van der Waals surface area contributed by atoms with Crippen molar-refractivity contribution in [1.29, 1.82) is 0 Å². The van der Waals surface area contributed by atoms with Gasteiger partial charge in [0.05, 0.1) is 0 Å². The van der Waals surface area contributed by atoms with Crippen LogP contribution >= 0.6 is 10.0 Å². The van der Waals surface area contributed by atoms with Gasteiger partial charge in [-0.2, -0.15) is 0 Å². The molecule has 0 spiro atoms. The van der Waals surface area contributed by atoms with Crippen LogP contribution in [0.25, 0.3) is 0 Å². The molecule has 0 radical (unpaired) electrons. The van der Waals surface area contributed by atoms with Crippen LogP contribution in [0.2, 0.25) is 0 Å². The van der Waals surface area contributed by atoms with Gasteiger partial charge < -0.3 is 0 Å². The molecule has 0 saturated heterocycles. The summed E-state index contributed by atoms with van der Waals surface area (Å²) in [5, 5.41) is 0. The van der Waals surface area contributed by atoms with Gasteiger partial charge >= 0.3 is 0 Å². The van der Waals surface area contributed by atoms with E-state index in [9.17, 15) is 0 Å². The van der Waals surface area contributed by atoms with E-state index in [1.54, 1.807) is 0 Å². The van der Waals surface area contributed by atoms with Gasteiger partial charge in [0.15, 0.2) is 0 Å². The maximum Gasteiger partial charge on any atom is 0.00628 e. The van der Waals surface area contributed by atoms with Crippen LogP contribution in [0.3, 0.4) is 0 Å². The van der Waals surface area contributed by atoms with Crippen LogP contribution in [0.4, 0.5) is 0 Å². The van der Waals surface area contributed by atoms with E-state index in [0.29, 0.717) is 12.1 Å². The fourth-order valence-corrected chi connectivity index (χ4v) is 2.25. The van der Waals surface area contributed by atoms with Crippen molar-refractivity contribution in [2.75, 3.05) is 31.1 Å². The summed E-state index contributed by atoms with van der Waals surface area (Å²) in [6.45, 7) is 10.4. The number of hydrogen-bond donors (Lipinski definition) is 0. The third-order valence-corrected chi connectivity index (χ3v) is 3.70. The number of hydrogen-bond acceptors (Lipinski definition) is 1. The summed E-state index contributed by atoms with van der Waals surface area (Å²) in [6.07, 6.45) is 7.18. The fraction of sp³-hybridized carbons (Fsp3) is 1.00. The van der Waals surface area contributed by atoms with E-state index < -0.39 is 0 Å². The fourth-order valence-electron chi connectivity index (χ4n) is 1.49. The Hall–Kier alpha value is 0.310. The maximum atomic E-state index is 2.58. The van der Waals surface area contributed by atoms with E-state index in [-0.39, 0.29) is 10.0 Å². The first-order valence-electron chi connectivity index (χ1n) is 5.16. The Morgan fingerprint density at radius 3 is 1.54 bits per heavy atom. The predicted octanol–water partition coefficient (Wildman–Crippen LogP) is 2.80. The van der Waals surface area contributed by atoms with Gasteiger partial charge in [-0.3, -0.25) is 4.90 Å². The first kappa shape index (κ1) is 13.3. The summed E-state index contributed by atoms with van der Waals surface area (Å²) >= 11 is 0. The minimum Gasteiger partial charge on any atom is -0.298 e. The molecule has 0 N–H and O–H groups in total. The molecule has 0 bridgehead atoms. The lowest BCUT2D eigenvalue weighted by Gasteiger charge is -2.35. The van der Waals surface area contributed by atoms with Crippen LogP contribution in [-0.4, -0.2) is 48.0 Å². The molecule has 0 aliphatic carbocycles. The van der Waals surface area contributed by atoms with Gasteiger partial charge in [-0.05, 0) is 52.2 Å². The lowest BCUT2D eigenvalue weighted by Crippen LogP contribution is -2.39. The van der Waals surface area contributed by atoms with Crippen molar-refractivity contribution in [3.63, 3.8) is 0 Å². The second kappa shape index (κ2) is 5.26. The predicted molar refractivity (Wildman–Crippen MR) is 67.2 cm³/mol. The minimum atomic E-state index is -0.328. The van der Waals surface area contributed by atoms with Crippen molar-refractivity contribution in [2.45, 2.75) is 39.8 Å². The zero-order chi connectivity index (χ0) is 10.6. The summed E-state index contributed by atoms with van der Waals surface area (Å²) in [7, 11) is -0.328. The highest BCUT2D eigenvalue weighted by Crippen LogP contribution is 2.34. The van der Waals surface area contributed by atoms with Crippen molar-refractivity contribution in [2.24, 2.45) is 0 Å². The van der Waals surface area contributed by atoms with E-state index >= 15 is 0 Å². The summed E-state index contributed by atoms with van der Waals surface area (Å²) in [6, 6.07) is 1.36. The molecule has 13 heavy (non-hydrogen) atoms. The monoisotopic (exact) mass is 205 g/mol. The molecule has 82 valence electrons. The van der Waals surface area contributed by atoms with E-state index in [4.69, 9.17) is 0 Å². The molecule has 0 aliphatic rings. The third kappa shape index (κ3) is 6.39. The molecule has 2 heteroatoms. The first-order valence-corrected chi connectivity index (χ1v) is 8.18. The highest BCUT2D eigenvalue weighted by Gasteiger charge is 2.14. The van der Waals surface area contributed by atoms with Crippen molar-refractivity contribution in [1.82, 2.24) is 4.90 Å². The Morgan fingerprint density at radius 2 is 1.31 bits per heavy atom. The molecular weight excluding hydrogens is 178 g/mol. The minimum absolute atomic E-state index is 0.328. The summed E-state index contributed by atoms with van der Waals surface area (Å²) in [4.78, 5) is 2.58. The molecule has 1 nitrogen and oxygen atoms in total. The van der Waals surface area contributed by atoms with Gasteiger partial charge in [0.25, 0.3) is 0 Å². The molecule has 0 heterocycles. The molecule has 0 aliphatic heterocycles. The van der Waals surface area contributed by atoms with Crippen LogP contribution in [0.5, 0.6) is 0 Å². The quantitative estimate of drug-likeness (QED) is 0.667. The highest BCUT2D eigenvalue weighted by molar-refractivity contribution is 8.32. The van der Waals surface area contributed by atoms with E-state index in [1.165, 1.54) is 12.3 Å². The average molecular weight is 205 g/mol. The number of rotatable bonds is 5. The van der Waals surface area contributed by atoms with Crippen LogP contribution in [0.15, 0.2) is 0 Å². The summed E-state index contributed by atoms with van der Waals surface area (Å²) in [5.41, 5.74) is 0. The van der Waals surface area contributed by atoms with Gasteiger partial charge in [0, 0.05) is 18.6 Å². The molecule has 0 fully saturated rings. The van der Waals surface area contributed by atoms with Gasteiger partial charge in [-0.15, -0.1) is 0 Å². The van der Waals surface area contributed by atoms with Crippen LogP contribution in [-0.2, 0) is 0 Å². The van der Waals surface area contributed by atoms with E-state index in [0.717, 1.165) is 0 Å². The Balaban J connectivity index is 3.98. The highest BCUT2D eigenvalue weighted by atomic mass is 32.3. The molecule has 0 saturated carbocycles. The zero-order valence-electron chi connectivity index (χ0n) is 10.4. The van der Waals surface area contributed by atoms with E-state index in [1.807, 2.05) is 0 Å². The molecule has 0 atom stereocenters. The molecule has 0 rings (SSSR count). The molecule has 0 unspecified atom stereocenters. The van der Waals surface area contributed by atoms with Gasteiger partial charge in [-0.1, -0.05) is 0 Å². The Bertz CT molecular complexity index is 128.